The van der Waals surface area contributed by atoms with Gasteiger partial charge in [0.05, 0.1) is 27.9 Å². The summed E-state index contributed by atoms with van der Waals surface area (Å²) in [7, 11) is -8.18. The van der Waals surface area contributed by atoms with Gasteiger partial charge in [0.2, 0.25) is 10.0 Å². The number of sulfone groups is 1. The maximum absolute atomic E-state index is 12.7. The third kappa shape index (κ3) is 6.08. The van der Waals surface area contributed by atoms with Gasteiger partial charge in [0.1, 0.15) is 0 Å². The maximum Gasteiger partial charge on any atom is 0.416 e. The number of alkyl halides is 6. The second-order valence-electron chi connectivity index (χ2n) is 6.56. The standard InChI is InChI=1S/C15H17F6NO4S2/c16-14(17,18)4-5-27(23,24)22-9-10-6-13(7-10)28(25,26)12-3-1-2-11(8-12)15(19,20)21/h1-3,8,10,13,22H,4-7,9H2/t10-,13-. The van der Waals surface area contributed by atoms with Crippen LogP contribution in [0.25, 0.3) is 0 Å². The van der Waals surface area contributed by atoms with Crippen LogP contribution in [0.15, 0.2) is 29.2 Å². The molecule has 5 nitrogen and oxygen atoms in total. The van der Waals surface area contributed by atoms with Crippen molar-refractivity contribution in [2.45, 2.75) is 41.8 Å². The van der Waals surface area contributed by atoms with Crippen LogP contribution in [0.1, 0.15) is 24.8 Å². The van der Waals surface area contributed by atoms with E-state index in [9.17, 15) is 43.2 Å². The van der Waals surface area contributed by atoms with Gasteiger partial charge < -0.3 is 0 Å². The molecule has 1 N–H and O–H groups in total. The lowest BCUT2D eigenvalue weighted by Crippen LogP contribution is -2.42. The van der Waals surface area contributed by atoms with E-state index in [-0.39, 0.29) is 19.4 Å². The van der Waals surface area contributed by atoms with Crippen LogP contribution in [0, 0.1) is 5.92 Å². The zero-order chi connectivity index (χ0) is 21.4. The highest BCUT2D eigenvalue weighted by Crippen LogP contribution is 2.38. The SMILES string of the molecule is O=S(=O)(CCC(F)(F)F)NC[C@H]1C[C@H](S(=O)(=O)c2cccc(C(F)(F)F)c2)C1. The van der Waals surface area contributed by atoms with Gasteiger partial charge >= 0.3 is 12.4 Å². The molecule has 0 radical (unpaired) electrons. The van der Waals surface area contributed by atoms with Crippen LogP contribution in [0.5, 0.6) is 0 Å². The number of rotatable bonds is 7. The van der Waals surface area contributed by atoms with Gasteiger partial charge in [0, 0.05) is 6.54 Å². The van der Waals surface area contributed by atoms with Gasteiger partial charge in [-0.3, -0.25) is 0 Å². The Morgan fingerprint density at radius 3 is 2.14 bits per heavy atom. The molecule has 1 aliphatic carbocycles. The second-order valence-corrected chi connectivity index (χ2v) is 10.7. The fourth-order valence-corrected chi connectivity index (χ4v) is 5.83. The third-order valence-corrected chi connectivity index (χ3v) is 7.89. The minimum atomic E-state index is -4.69. The quantitative estimate of drug-likeness (QED) is 0.644. The Morgan fingerprint density at radius 2 is 1.61 bits per heavy atom. The molecule has 1 saturated carbocycles. The van der Waals surface area contributed by atoms with Crippen molar-refractivity contribution in [1.29, 1.82) is 0 Å². The Bertz CT molecular complexity index is 903. The van der Waals surface area contributed by atoms with Gasteiger partial charge in [-0.1, -0.05) is 6.07 Å². The Balaban J connectivity index is 1.92. The van der Waals surface area contributed by atoms with Crippen molar-refractivity contribution in [3.63, 3.8) is 0 Å². The van der Waals surface area contributed by atoms with Crippen LogP contribution in [-0.2, 0) is 26.0 Å². The zero-order valence-electron chi connectivity index (χ0n) is 14.2. The van der Waals surface area contributed by atoms with Crippen LogP contribution in [-0.4, -0.2) is 40.6 Å². The monoisotopic (exact) mass is 453 g/mol. The lowest BCUT2D eigenvalue weighted by Gasteiger charge is -2.35. The summed E-state index contributed by atoms with van der Waals surface area (Å²) in [5.74, 6) is -1.55. The first-order valence-electron chi connectivity index (χ1n) is 8.05. The van der Waals surface area contributed by atoms with Crippen LogP contribution < -0.4 is 4.72 Å². The van der Waals surface area contributed by atoms with E-state index >= 15 is 0 Å². The molecular formula is C15H17F6NO4S2. The van der Waals surface area contributed by atoms with E-state index < -0.39 is 66.0 Å². The molecule has 0 amide bonds. The first-order valence-corrected chi connectivity index (χ1v) is 11.3. The lowest BCUT2D eigenvalue weighted by atomic mass is 9.85. The van der Waals surface area contributed by atoms with Crippen molar-refractivity contribution in [1.82, 2.24) is 4.72 Å². The first-order chi connectivity index (χ1) is 12.6. The van der Waals surface area contributed by atoms with Crippen molar-refractivity contribution >= 4 is 19.9 Å². The Kier molecular flexibility index (Phi) is 6.41. The summed E-state index contributed by atoms with van der Waals surface area (Å²) in [5, 5.41) is -0.972. The fourth-order valence-electron chi connectivity index (χ4n) is 2.70. The molecule has 0 aliphatic heterocycles. The minimum absolute atomic E-state index is 0.000367. The van der Waals surface area contributed by atoms with Crippen molar-refractivity contribution in [3.05, 3.63) is 29.8 Å². The molecule has 0 aromatic heterocycles. The average Bonchev–Trinajstić information content (AvgIpc) is 2.50. The van der Waals surface area contributed by atoms with E-state index in [0.29, 0.717) is 6.07 Å². The summed E-state index contributed by atoms with van der Waals surface area (Å²) in [5.41, 5.74) is -1.10. The molecule has 1 aromatic rings. The van der Waals surface area contributed by atoms with E-state index in [2.05, 4.69) is 0 Å². The van der Waals surface area contributed by atoms with Gasteiger partial charge in [-0.05, 0) is 37.0 Å². The Morgan fingerprint density at radius 1 is 1.00 bits per heavy atom. The van der Waals surface area contributed by atoms with Crippen LogP contribution in [0.3, 0.4) is 0 Å². The van der Waals surface area contributed by atoms with Gasteiger partial charge in [-0.25, -0.2) is 21.6 Å². The number of sulfonamides is 1. The summed E-state index contributed by atoms with van der Waals surface area (Å²) >= 11 is 0. The normalized spacial score (nSPS) is 21.4. The van der Waals surface area contributed by atoms with Crippen LogP contribution >= 0.6 is 0 Å². The first kappa shape index (κ1) is 22.9. The molecular weight excluding hydrogens is 436 g/mol. The fraction of sp³-hybridized carbons (Fsp3) is 0.600. The predicted octanol–water partition coefficient (Wildman–Crippen LogP) is 3.13. The van der Waals surface area contributed by atoms with Crippen molar-refractivity contribution in [2.75, 3.05) is 12.3 Å². The van der Waals surface area contributed by atoms with E-state index in [0.717, 1.165) is 18.2 Å². The smallest absolute Gasteiger partial charge is 0.223 e. The van der Waals surface area contributed by atoms with Crippen LogP contribution in [0.2, 0.25) is 0 Å². The maximum atomic E-state index is 12.7. The molecule has 0 bridgehead atoms. The summed E-state index contributed by atoms with van der Waals surface area (Å²) in [6, 6.07) is 3.33. The molecule has 0 spiro atoms. The number of hydrogen-bond donors (Lipinski definition) is 1. The van der Waals surface area contributed by atoms with E-state index in [1.54, 1.807) is 0 Å². The molecule has 1 aromatic carbocycles. The molecule has 0 atom stereocenters. The van der Waals surface area contributed by atoms with Gasteiger partial charge in [0.25, 0.3) is 0 Å². The number of nitrogens with one attached hydrogen (secondary N) is 1. The van der Waals surface area contributed by atoms with E-state index in [1.165, 1.54) is 0 Å². The van der Waals surface area contributed by atoms with Crippen molar-refractivity contribution < 1.29 is 43.2 Å². The highest BCUT2D eigenvalue weighted by Gasteiger charge is 2.41. The topological polar surface area (TPSA) is 80.3 Å². The number of benzene rings is 1. The molecule has 160 valence electrons. The largest absolute Gasteiger partial charge is 0.416 e. The minimum Gasteiger partial charge on any atom is -0.223 e. The van der Waals surface area contributed by atoms with Crippen molar-refractivity contribution in [3.8, 4) is 0 Å². The molecule has 1 aliphatic rings. The molecule has 2 rings (SSSR count). The van der Waals surface area contributed by atoms with Gasteiger partial charge in [-0.2, -0.15) is 26.3 Å². The average molecular weight is 453 g/mol. The number of halogens is 6. The molecule has 1 fully saturated rings. The van der Waals surface area contributed by atoms with Gasteiger partial charge in [0.15, 0.2) is 9.84 Å². The van der Waals surface area contributed by atoms with Gasteiger partial charge in [-0.15, -0.1) is 0 Å². The third-order valence-electron chi connectivity index (χ3n) is 4.37. The molecule has 28 heavy (non-hydrogen) atoms. The molecule has 0 saturated heterocycles. The molecule has 0 unspecified atom stereocenters. The summed E-state index contributed by atoms with van der Waals surface area (Å²) < 4.78 is 124. The highest BCUT2D eigenvalue weighted by molar-refractivity contribution is 7.92. The zero-order valence-corrected chi connectivity index (χ0v) is 15.8. The second kappa shape index (κ2) is 7.82. The van der Waals surface area contributed by atoms with Crippen LogP contribution in [0.4, 0.5) is 26.3 Å². The predicted molar refractivity (Wildman–Crippen MR) is 87.6 cm³/mol. The Hall–Kier alpha value is -1.34. The van der Waals surface area contributed by atoms with E-state index in [1.807, 2.05) is 4.72 Å². The Labute approximate surface area is 158 Å². The summed E-state index contributed by atoms with van der Waals surface area (Å²) in [6.45, 7) is -0.227. The summed E-state index contributed by atoms with van der Waals surface area (Å²) in [6.07, 6.45) is -10.8. The van der Waals surface area contributed by atoms with E-state index in [4.69, 9.17) is 0 Å². The number of hydrogen-bond acceptors (Lipinski definition) is 4. The highest BCUT2D eigenvalue weighted by atomic mass is 32.2. The molecule has 13 heteroatoms. The lowest BCUT2D eigenvalue weighted by molar-refractivity contribution is -0.137. The van der Waals surface area contributed by atoms with Crippen molar-refractivity contribution in [2.24, 2.45) is 5.92 Å². The molecule has 0 heterocycles. The summed E-state index contributed by atoms with van der Waals surface area (Å²) in [4.78, 5) is -0.475.